The maximum absolute atomic E-state index is 5.86. The van der Waals surface area contributed by atoms with Crippen LogP contribution in [-0.4, -0.2) is 17.2 Å². The SMILES string of the molecule is CNc1nc(Nc2ccc(Cl)c(Cl)c2)no1. The fraction of sp³-hybridized carbons (Fsp3) is 0.111. The molecule has 1 heterocycles. The lowest BCUT2D eigenvalue weighted by atomic mass is 10.3. The summed E-state index contributed by atoms with van der Waals surface area (Å²) in [5, 5.41) is 10.3. The smallest absolute Gasteiger partial charge is 0.322 e. The number of rotatable bonds is 3. The molecule has 0 aliphatic heterocycles. The molecule has 84 valence electrons. The topological polar surface area (TPSA) is 63.0 Å². The van der Waals surface area contributed by atoms with Crippen molar-refractivity contribution in [1.29, 1.82) is 0 Å². The Morgan fingerprint density at radius 3 is 2.69 bits per heavy atom. The van der Waals surface area contributed by atoms with Crippen LogP contribution < -0.4 is 10.6 Å². The summed E-state index contributed by atoms with van der Waals surface area (Å²) in [6.45, 7) is 0. The lowest BCUT2D eigenvalue weighted by molar-refractivity contribution is 0.434. The van der Waals surface area contributed by atoms with E-state index in [1.54, 1.807) is 25.2 Å². The highest BCUT2D eigenvalue weighted by molar-refractivity contribution is 6.42. The molecule has 0 bridgehead atoms. The first-order valence-corrected chi connectivity index (χ1v) is 5.18. The molecule has 0 spiro atoms. The molecule has 2 N–H and O–H groups in total. The van der Waals surface area contributed by atoms with Gasteiger partial charge in [0.25, 0.3) is 5.95 Å². The zero-order chi connectivity index (χ0) is 11.5. The van der Waals surface area contributed by atoms with Gasteiger partial charge in [-0.15, -0.1) is 0 Å². The van der Waals surface area contributed by atoms with Crippen molar-refractivity contribution in [2.24, 2.45) is 0 Å². The van der Waals surface area contributed by atoms with E-state index in [0.29, 0.717) is 22.0 Å². The monoisotopic (exact) mass is 258 g/mol. The molecule has 0 unspecified atom stereocenters. The lowest BCUT2D eigenvalue weighted by Gasteiger charge is -2.02. The van der Waals surface area contributed by atoms with Crippen LogP contribution in [0.5, 0.6) is 0 Å². The van der Waals surface area contributed by atoms with Crippen LogP contribution in [0.15, 0.2) is 22.7 Å². The Morgan fingerprint density at radius 2 is 2.06 bits per heavy atom. The normalized spacial score (nSPS) is 10.2. The third kappa shape index (κ3) is 2.37. The number of anilines is 3. The second kappa shape index (κ2) is 4.59. The van der Waals surface area contributed by atoms with Crippen molar-refractivity contribution >= 4 is 40.9 Å². The maximum atomic E-state index is 5.86. The average Bonchev–Trinajstić information content (AvgIpc) is 2.71. The van der Waals surface area contributed by atoms with Crippen LogP contribution in [0.25, 0.3) is 0 Å². The van der Waals surface area contributed by atoms with Crippen molar-refractivity contribution in [2.75, 3.05) is 17.7 Å². The van der Waals surface area contributed by atoms with Gasteiger partial charge in [0, 0.05) is 12.7 Å². The molecule has 0 atom stereocenters. The predicted molar refractivity (Wildman–Crippen MR) is 63.6 cm³/mol. The number of benzene rings is 1. The second-order valence-corrected chi connectivity index (χ2v) is 3.74. The van der Waals surface area contributed by atoms with Crippen molar-refractivity contribution < 1.29 is 4.52 Å². The summed E-state index contributed by atoms with van der Waals surface area (Å²) in [4.78, 5) is 4.00. The van der Waals surface area contributed by atoms with Gasteiger partial charge in [-0.2, -0.15) is 4.98 Å². The maximum Gasteiger partial charge on any atom is 0.322 e. The molecular weight excluding hydrogens is 251 g/mol. The van der Waals surface area contributed by atoms with Crippen LogP contribution in [0.3, 0.4) is 0 Å². The zero-order valence-corrected chi connectivity index (χ0v) is 9.80. The van der Waals surface area contributed by atoms with Crippen molar-refractivity contribution in [3.05, 3.63) is 28.2 Å². The summed E-state index contributed by atoms with van der Waals surface area (Å²) in [7, 11) is 1.69. The second-order valence-electron chi connectivity index (χ2n) is 2.93. The van der Waals surface area contributed by atoms with Gasteiger partial charge in [0.05, 0.1) is 10.0 Å². The van der Waals surface area contributed by atoms with Crippen LogP contribution in [0.4, 0.5) is 17.7 Å². The summed E-state index contributed by atoms with van der Waals surface area (Å²) in [6.07, 6.45) is 0. The van der Waals surface area contributed by atoms with E-state index >= 15 is 0 Å². The van der Waals surface area contributed by atoms with Crippen LogP contribution in [0, 0.1) is 0 Å². The van der Waals surface area contributed by atoms with Crippen molar-refractivity contribution in [3.8, 4) is 0 Å². The van der Waals surface area contributed by atoms with Crippen LogP contribution in [0.1, 0.15) is 0 Å². The van der Waals surface area contributed by atoms with Gasteiger partial charge in [0.15, 0.2) is 0 Å². The van der Waals surface area contributed by atoms with E-state index in [-0.39, 0.29) is 0 Å². The Balaban J connectivity index is 2.17. The Kier molecular flexibility index (Phi) is 3.17. The van der Waals surface area contributed by atoms with Gasteiger partial charge in [0.1, 0.15) is 0 Å². The van der Waals surface area contributed by atoms with Crippen molar-refractivity contribution in [3.63, 3.8) is 0 Å². The summed E-state index contributed by atoms with van der Waals surface area (Å²) >= 11 is 11.7. The fourth-order valence-corrected chi connectivity index (χ4v) is 1.38. The molecule has 0 saturated heterocycles. The number of hydrogen-bond acceptors (Lipinski definition) is 5. The van der Waals surface area contributed by atoms with Gasteiger partial charge >= 0.3 is 6.01 Å². The third-order valence-corrected chi connectivity index (χ3v) is 2.55. The molecule has 16 heavy (non-hydrogen) atoms. The number of hydrogen-bond donors (Lipinski definition) is 2. The highest BCUT2D eigenvalue weighted by Crippen LogP contribution is 2.26. The van der Waals surface area contributed by atoms with E-state index in [9.17, 15) is 0 Å². The Bertz CT molecular complexity index is 500. The van der Waals surface area contributed by atoms with Crippen molar-refractivity contribution in [1.82, 2.24) is 10.1 Å². The van der Waals surface area contributed by atoms with Crippen molar-refractivity contribution in [2.45, 2.75) is 0 Å². The highest BCUT2D eigenvalue weighted by atomic mass is 35.5. The Hall–Kier alpha value is -1.46. The summed E-state index contributed by atoms with van der Waals surface area (Å²) in [6, 6.07) is 5.47. The fourth-order valence-electron chi connectivity index (χ4n) is 1.08. The molecule has 7 heteroatoms. The Morgan fingerprint density at radius 1 is 1.25 bits per heavy atom. The molecule has 0 radical (unpaired) electrons. The molecule has 0 amide bonds. The molecule has 0 aliphatic carbocycles. The van der Waals surface area contributed by atoms with Gasteiger partial charge < -0.3 is 15.2 Å². The van der Waals surface area contributed by atoms with Crippen LogP contribution in [0.2, 0.25) is 10.0 Å². The molecule has 2 aromatic rings. The van der Waals surface area contributed by atoms with E-state index < -0.39 is 0 Å². The predicted octanol–water partition coefficient (Wildman–Crippen LogP) is 3.16. The van der Waals surface area contributed by atoms with Crippen LogP contribution in [-0.2, 0) is 0 Å². The first-order valence-electron chi connectivity index (χ1n) is 4.42. The standard InChI is InChI=1S/C9H8Cl2N4O/c1-12-9-14-8(15-16-9)13-5-2-3-6(10)7(11)4-5/h2-4H,1H3,(H2,12,13,14,15). The number of nitrogens with one attached hydrogen (secondary N) is 2. The largest absolute Gasteiger partial charge is 0.341 e. The number of aromatic nitrogens is 2. The van der Waals surface area contributed by atoms with Gasteiger partial charge in [-0.25, -0.2) is 0 Å². The minimum absolute atomic E-state index is 0.336. The van der Waals surface area contributed by atoms with E-state index in [0.717, 1.165) is 5.69 Å². The van der Waals surface area contributed by atoms with Gasteiger partial charge in [-0.3, -0.25) is 0 Å². The van der Waals surface area contributed by atoms with E-state index in [4.69, 9.17) is 27.7 Å². The lowest BCUT2D eigenvalue weighted by Crippen LogP contribution is -1.93. The van der Waals surface area contributed by atoms with Gasteiger partial charge in [-0.1, -0.05) is 23.2 Å². The zero-order valence-electron chi connectivity index (χ0n) is 8.29. The minimum Gasteiger partial charge on any atom is -0.341 e. The van der Waals surface area contributed by atoms with Gasteiger partial charge in [-0.05, 0) is 23.4 Å². The Labute approximate surface area is 102 Å². The molecular formula is C9H8Cl2N4O. The number of nitrogens with zero attached hydrogens (tertiary/aromatic N) is 2. The summed E-state index contributed by atoms with van der Waals surface area (Å²) in [5.41, 5.74) is 0.734. The van der Waals surface area contributed by atoms with Crippen LogP contribution >= 0.6 is 23.2 Å². The molecule has 5 nitrogen and oxygen atoms in total. The molecule has 2 rings (SSSR count). The van der Waals surface area contributed by atoms with E-state index in [2.05, 4.69) is 20.8 Å². The molecule has 0 fully saturated rings. The van der Waals surface area contributed by atoms with Gasteiger partial charge in [0.2, 0.25) is 0 Å². The van der Waals surface area contributed by atoms with E-state index in [1.165, 1.54) is 0 Å². The average molecular weight is 259 g/mol. The quantitative estimate of drug-likeness (QED) is 0.886. The minimum atomic E-state index is 0.336. The molecule has 1 aromatic heterocycles. The number of halogens is 2. The summed E-state index contributed by atoms with van der Waals surface area (Å²) in [5.74, 6) is 0.350. The van der Waals surface area contributed by atoms with E-state index in [1.807, 2.05) is 0 Å². The molecule has 0 saturated carbocycles. The third-order valence-electron chi connectivity index (χ3n) is 1.82. The molecule has 1 aromatic carbocycles. The summed E-state index contributed by atoms with van der Waals surface area (Å²) < 4.78 is 4.85. The highest BCUT2D eigenvalue weighted by Gasteiger charge is 2.05. The molecule has 0 aliphatic rings. The first kappa shape index (κ1) is 11.0. The first-order chi connectivity index (χ1) is 7.69.